The lowest BCUT2D eigenvalue weighted by Crippen LogP contribution is -1.96. The lowest BCUT2D eigenvalue weighted by molar-refractivity contribution is 0.306. The van der Waals surface area contributed by atoms with E-state index in [0.29, 0.717) is 17.4 Å². The van der Waals surface area contributed by atoms with Gasteiger partial charge >= 0.3 is 0 Å². The van der Waals surface area contributed by atoms with Gasteiger partial charge in [0.05, 0.1) is 11.2 Å². The molecule has 1 N–H and O–H groups in total. The highest BCUT2D eigenvalue weighted by molar-refractivity contribution is 6.32. The monoisotopic (exact) mass is 275 g/mol. The van der Waals surface area contributed by atoms with Crippen LogP contribution in [0.15, 0.2) is 47.6 Å². The molecule has 0 spiro atoms. The van der Waals surface area contributed by atoms with Gasteiger partial charge in [0.2, 0.25) is 0 Å². The molecule has 0 unspecified atom stereocenters. The number of hydrogen-bond donors (Lipinski definition) is 1. The molecule has 0 aromatic heterocycles. The van der Waals surface area contributed by atoms with Gasteiger partial charge in [-0.1, -0.05) is 46.6 Å². The van der Waals surface area contributed by atoms with Crippen molar-refractivity contribution >= 4 is 17.8 Å². The number of hydrogen-bond acceptors (Lipinski definition) is 3. The predicted molar refractivity (Wildman–Crippen MR) is 76.3 cm³/mol. The third kappa shape index (κ3) is 3.73. The van der Waals surface area contributed by atoms with Gasteiger partial charge in [-0.15, -0.1) is 0 Å². The van der Waals surface area contributed by atoms with Gasteiger partial charge in [-0.05, 0) is 36.2 Å². The molecule has 0 saturated heterocycles. The van der Waals surface area contributed by atoms with E-state index in [-0.39, 0.29) is 0 Å². The van der Waals surface area contributed by atoms with Crippen LogP contribution in [0.4, 0.5) is 0 Å². The van der Waals surface area contributed by atoms with E-state index < -0.39 is 0 Å². The van der Waals surface area contributed by atoms with Crippen molar-refractivity contribution < 1.29 is 9.94 Å². The van der Waals surface area contributed by atoms with Crippen molar-refractivity contribution in [2.75, 3.05) is 0 Å². The van der Waals surface area contributed by atoms with Crippen molar-refractivity contribution in [1.29, 1.82) is 0 Å². The summed E-state index contributed by atoms with van der Waals surface area (Å²) < 4.78 is 5.66. The van der Waals surface area contributed by atoms with E-state index in [1.54, 1.807) is 18.2 Å². The first-order valence-electron chi connectivity index (χ1n) is 5.84. The van der Waals surface area contributed by atoms with Gasteiger partial charge < -0.3 is 9.94 Å². The Kier molecular flexibility index (Phi) is 4.42. The van der Waals surface area contributed by atoms with Crippen LogP contribution in [0.5, 0.6) is 5.75 Å². The smallest absolute Gasteiger partial charge is 0.138 e. The van der Waals surface area contributed by atoms with Gasteiger partial charge in [0.1, 0.15) is 12.4 Å². The lowest BCUT2D eigenvalue weighted by atomic mass is 10.2. The van der Waals surface area contributed by atoms with Gasteiger partial charge in [0.15, 0.2) is 0 Å². The quantitative estimate of drug-likeness (QED) is 0.520. The summed E-state index contributed by atoms with van der Waals surface area (Å²) in [6.07, 6.45) is 1.32. The summed E-state index contributed by atoms with van der Waals surface area (Å²) >= 11 is 6.09. The van der Waals surface area contributed by atoms with E-state index in [4.69, 9.17) is 21.5 Å². The Labute approximate surface area is 117 Å². The van der Waals surface area contributed by atoms with Crippen molar-refractivity contribution in [3.8, 4) is 5.75 Å². The minimum absolute atomic E-state index is 0.466. The standard InChI is InChI=1S/C15H14ClNO2/c1-11-2-4-12(5-3-11)10-19-15-7-6-13(9-17-18)8-14(15)16/h2-9,18H,10H2,1H3/b17-9+. The number of nitrogens with zero attached hydrogens (tertiary/aromatic N) is 1. The molecule has 0 saturated carbocycles. The Hall–Kier alpha value is -2.00. The highest BCUT2D eigenvalue weighted by atomic mass is 35.5. The van der Waals surface area contributed by atoms with Crippen LogP contribution >= 0.6 is 11.6 Å². The topological polar surface area (TPSA) is 41.8 Å². The number of ether oxygens (including phenoxy) is 1. The van der Waals surface area contributed by atoms with Gasteiger partial charge in [-0.2, -0.15) is 0 Å². The molecule has 0 bridgehead atoms. The van der Waals surface area contributed by atoms with Crippen LogP contribution in [0, 0.1) is 6.92 Å². The summed E-state index contributed by atoms with van der Waals surface area (Å²) in [5, 5.41) is 11.9. The largest absolute Gasteiger partial charge is 0.487 e. The molecule has 0 radical (unpaired) electrons. The van der Waals surface area contributed by atoms with Crippen LogP contribution in [0.2, 0.25) is 5.02 Å². The summed E-state index contributed by atoms with van der Waals surface area (Å²) in [5.41, 5.74) is 3.02. The fourth-order valence-electron chi connectivity index (χ4n) is 1.63. The van der Waals surface area contributed by atoms with E-state index in [1.807, 2.05) is 31.2 Å². The number of halogens is 1. The molecule has 4 heteroatoms. The Balaban J connectivity index is 2.05. The summed E-state index contributed by atoms with van der Waals surface area (Å²) in [6, 6.07) is 13.4. The van der Waals surface area contributed by atoms with Crippen LogP contribution in [-0.2, 0) is 6.61 Å². The fraction of sp³-hybridized carbons (Fsp3) is 0.133. The van der Waals surface area contributed by atoms with Crippen molar-refractivity contribution in [1.82, 2.24) is 0 Å². The average Bonchev–Trinajstić information content (AvgIpc) is 2.40. The van der Waals surface area contributed by atoms with Crippen LogP contribution in [0.25, 0.3) is 0 Å². The molecule has 3 nitrogen and oxygen atoms in total. The molecule has 0 fully saturated rings. The summed E-state index contributed by atoms with van der Waals surface area (Å²) in [4.78, 5) is 0. The minimum Gasteiger partial charge on any atom is -0.487 e. The van der Waals surface area contributed by atoms with Crippen LogP contribution < -0.4 is 4.74 Å². The third-order valence-corrected chi connectivity index (χ3v) is 2.97. The molecule has 0 atom stereocenters. The van der Waals surface area contributed by atoms with Crippen LogP contribution in [0.1, 0.15) is 16.7 Å². The predicted octanol–water partition coefficient (Wildman–Crippen LogP) is 4.04. The van der Waals surface area contributed by atoms with E-state index in [9.17, 15) is 0 Å². The van der Waals surface area contributed by atoms with Crippen molar-refractivity contribution in [3.05, 3.63) is 64.2 Å². The molecule has 0 amide bonds. The molecule has 0 aliphatic heterocycles. The van der Waals surface area contributed by atoms with Crippen molar-refractivity contribution in [2.24, 2.45) is 5.16 Å². The number of rotatable bonds is 4. The van der Waals surface area contributed by atoms with Crippen molar-refractivity contribution in [2.45, 2.75) is 13.5 Å². The molecular formula is C15H14ClNO2. The first-order valence-corrected chi connectivity index (χ1v) is 6.22. The molecule has 2 aromatic rings. The Morgan fingerprint density at radius 1 is 1.21 bits per heavy atom. The fourth-order valence-corrected chi connectivity index (χ4v) is 1.87. The second-order valence-electron chi connectivity index (χ2n) is 4.21. The Bertz CT molecular complexity index is 579. The second kappa shape index (κ2) is 6.25. The molecule has 0 aliphatic carbocycles. The molecule has 0 aliphatic rings. The van der Waals surface area contributed by atoms with Gasteiger partial charge in [-0.25, -0.2) is 0 Å². The summed E-state index contributed by atoms with van der Waals surface area (Å²) in [7, 11) is 0. The lowest BCUT2D eigenvalue weighted by Gasteiger charge is -2.08. The molecular weight excluding hydrogens is 262 g/mol. The highest BCUT2D eigenvalue weighted by Crippen LogP contribution is 2.25. The van der Waals surface area contributed by atoms with E-state index in [2.05, 4.69) is 5.16 Å². The van der Waals surface area contributed by atoms with Gasteiger partial charge in [0.25, 0.3) is 0 Å². The molecule has 2 aromatic carbocycles. The summed E-state index contributed by atoms with van der Waals surface area (Å²) in [5.74, 6) is 0.609. The maximum Gasteiger partial charge on any atom is 0.138 e. The van der Waals surface area contributed by atoms with E-state index >= 15 is 0 Å². The Morgan fingerprint density at radius 3 is 2.58 bits per heavy atom. The normalized spacial score (nSPS) is 10.8. The zero-order chi connectivity index (χ0) is 13.7. The zero-order valence-electron chi connectivity index (χ0n) is 10.5. The Morgan fingerprint density at radius 2 is 1.95 bits per heavy atom. The second-order valence-corrected chi connectivity index (χ2v) is 4.62. The number of benzene rings is 2. The molecule has 2 rings (SSSR count). The molecule has 19 heavy (non-hydrogen) atoms. The van der Waals surface area contributed by atoms with Crippen LogP contribution in [0.3, 0.4) is 0 Å². The van der Waals surface area contributed by atoms with Crippen molar-refractivity contribution in [3.63, 3.8) is 0 Å². The van der Waals surface area contributed by atoms with E-state index in [0.717, 1.165) is 11.1 Å². The van der Waals surface area contributed by atoms with E-state index in [1.165, 1.54) is 11.8 Å². The number of aryl methyl sites for hydroxylation is 1. The first kappa shape index (κ1) is 13.4. The SMILES string of the molecule is Cc1ccc(COc2ccc(/C=N/O)cc2Cl)cc1. The minimum atomic E-state index is 0.466. The maximum atomic E-state index is 8.45. The maximum absolute atomic E-state index is 8.45. The first-order chi connectivity index (χ1) is 9.19. The zero-order valence-corrected chi connectivity index (χ0v) is 11.3. The van der Waals surface area contributed by atoms with Gasteiger partial charge in [-0.3, -0.25) is 0 Å². The van der Waals surface area contributed by atoms with Crippen LogP contribution in [-0.4, -0.2) is 11.4 Å². The third-order valence-electron chi connectivity index (χ3n) is 2.68. The number of oxime groups is 1. The molecule has 0 heterocycles. The average molecular weight is 276 g/mol. The highest BCUT2D eigenvalue weighted by Gasteiger charge is 2.03. The summed E-state index contributed by atoms with van der Waals surface area (Å²) in [6.45, 7) is 2.51. The van der Waals surface area contributed by atoms with Gasteiger partial charge in [0, 0.05) is 0 Å². The molecule has 98 valence electrons.